The Morgan fingerprint density at radius 2 is 2.11 bits per heavy atom. The lowest BCUT2D eigenvalue weighted by Crippen LogP contribution is -2.31. The van der Waals surface area contributed by atoms with Crippen molar-refractivity contribution >= 4 is 11.6 Å². The highest BCUT2D eigenvalue weighted by molar-refractivity contribution is 6.30. The molecular formula is C16H18ClN. The van der Waals surface area contributed by atoms with Gasteiger partial charge in [0.1, 0.15) is 0 Å². The number of unbranched alkanes of at least 4 members (excludes halogenated alkanes) is 1. The summed E-state index contributed by atoms with van der Waals surface area (Å²) in [6.45, 7) is 2.16. The molecule has 0 fully saturated rings. The van der Waals surface area contributed by atoms with Crippen molar-refractivity contribution < 1.29 is 0 Å². The Morgan fingerprint density at radius 1 is 1.33 bits per heavy atom. The fraction of sp³-hybridized carbons (Fsp3) is 0.375. The molecule has 1 aromatic rings. The lowest BCUT2D eigenvalue weighted by Gasteiger charge is -2.32. The summed E-state index contributed by atoms with van der Waals surface area (Å²) in [5.74, 6) is 2.71. The van der Waals surface area contributed by atoms with Gasteiger partial charge in [-0.25, -0.2) is 0 Å². The van der Waals surface area contributed by atoms with Crippen molar-refractivity contribution in [3.8, 4) is 12.3 Å². The number of rotatable bonds is 4. The number of benzene rings is 1. The smallest absolute Gasteiger partial charge is 0.0531 e. The van der Waals surface area contributed by atoms with Crippen molar-refractivity contribution in [2.45, 2.75) is 25.3 Å². The lowest BCUT2D eigenvalue weighted by atomic mass is 10.0. The highest BCUT2D eigenvalue weighted by atomic mass is 35.5. The zero-order chi connectivity index (χ0) is 12.8. The van der Waals surface area contributed by atoms with E-state index in [0.717, 1.165) is 37.4 Å². The molecular weight excluding hydrogens is 242 g/mol. The highest BCUT2D eigenvalue weighted by Gasteiger charge is 2.19. The second-order valence-corrected chi connectivity index (χ2v) is 4.99. The molecule has 1 aromatic carbocycles. The first-order chi connectivity index (χ1) is 8.81. The van der Waals surface area contributed by atoms with Gasteiger partial charge in [-0.2, -0.15) is 0 Å². The van der Waals surface area contributed by atoms with Gasteiger partial charge in [-0.3, -0.25) is 4.90 Å². The molecule has 1 aliphatic rings. The van der Waals surface area contributed by atoms with Gasteiger partial charge in [0.05, 0.1) is 6.04 Å². The first kappa shape index (κ1) is 13.2. The second-order valence-electron chi connectivity index (χ2n) is 4.56. The van der Waals surface area contributed by atoms with Crippen molar-refractivity contribution in [1.82, 2.24) is 4.90 Å². The topological polar surface area (TPSA) is 3.24 Å². The fourth-order valence-electron chi connectivity index (χ4n) is 2.34. The average molecular weight is 260 g/mol. The first-order valence-corrected chi connectivity index (χ1v) is 6.78. The van der Waals surface area contributed by atoms with Gasteiger partial charge in [-0.1, -0.05) is 35.9 Å². The molecule has 0 bridgehead atoms. The third kappa shape index (κ3) is 3.38. The molecule has 1 unspecified atom stereocenters. The minimum atomic E-state index is 0.369. The monoisotopic (exact) mass is 259 g/mol. The number of nitrogens with zero attached hydrogens (tertiary/aromatic N) is 1. The first-order valence-electron chi connectivity index (χ1n) is 6.41. The summed E-state index contributed by atoms with van der Waals surface area (Å²) in [4.78, 5) is 2.49. The van der Waals surface area contributed by atoms with E-state index in [9.17, 15) is 0 Å². The molecule has 2 rings (SSSR count). The number of hydrogen-bond donors (Lipinski definition) is 0. The molecule has 0 aromatic heterocycles. The minimum absolute atomic E-state index is 0.369. The molecule has 0 spiro atoms. The van der Waals surface area contributed by atoms with Gasteiger partial charge in [-0.05, 0) is 37.1 Å². The molecule has 0 N–H and O–H groups in total. The van der Waals surface area contributed by atoms with E-state index in [-0.39, 0.29) is 0 Å². The molecule has 1 atom stereocenters. The third-order valence-corrected chi connectivity index (χ3v) is 3.52. The molecule has 0 amide bonds. The Hall–Kier alpha value is -1.23. The highest BCUT2D eigenvalue weighted by Crippen LogP contribution is 2.27. The van der Waals surface area contributed by atoms with Gasteiger partial charge in [0.25, 0.3) is 0 Å². The third-order valence-electron chi connectivity index (χ3n) is 3.27. The fourth-order valence-corrected chi connectivity index (χ4v) is 2.47. The van der Waals surface area contributed by atoms with Gasteiger partial charge < -0.3 is 0 Å². The molecule has 18 heavy (non-hydrogen) atoms. The summed E-state index contributed by atoms with van der Waals surface area (Å²) in [6.07, 6.45) is 12.9. The van der Waals surface area contributed by atoms with E-state index in [1.807, 2.05) is 12.1 Å². The zero-order valence-electron chi connectivity index (χ0n) is 10.5. The van der Waals surface area contributed by atoms with Crippen LogP contribution in [-0.4, -0.2) is 18.0 Å². The van der Waals surface area contributed by atoms with Gasteiger partial charge in [0, 0.05) is 18.0 Å². The van der Waals surface area contributed by atoms with Gasteiger partial charge >= 0.3 is 0 Å². The summed E-state index contributed by atoms with van der Waals surface area (Å²) in [6, 6.07) is 8.50. The van der Waals surface area contributed by atoms with Crippen molar-refractivity contribution in [2.75, 3.05) is 13.1 Å². The Labute approximate surface area is 114 Å². The van der Waals surface area contributed by atoms with Crippen LogP contribution in [-0.2, 0) is 0 Å². The summed E-state index contributed by atoms with van der Waals surface area (Å²) in [5.41, 5.74) is 1.30. The van der Waals surface area contributed by atoms with E-state index in [2.05, 4.69) is 35.1 Å². The maximum atomic E-state index is 5.94. The Morgan fingerprint density at radius 3 is 2.83 bits per heavy atom. The van der Waals surface area contributed by atoms with E-state index in [4.69, 9.17) is 18.0 Å². The standard InChI is InChI=1S/C16H18ClN/c1-2-3-5-12-18-13-6-4-7-16(18)14-8-10-15(17)11-9-14/h1,4,7-11,16H,3,5-6,12-13H2. The quantitative estimate of drug-likeness (QED) is 0.448. The molecule has 94 valence electrons. The van der Waals surface area contributed by atoms with Crippen molar-refractivity contribution in [3.05, 3.63) is 47.0 Å². The van der Waals surface area contributed by atoms with Crippen LogP contribution in [0.2, 0.25) is 5.02 Å². The molecule has 2 heteroatoms. The van der Waals surface area contributed by atoms with Crippen LogP contribution in [0.5, 0.6) is 0 Å². The number of hydrogen-bond acceptors (Lipinski definition) is 1. The van der Waals surface area contributed by atoms with Gasteiger partial charge in [0.2, 0.25) is 0 Å². The predicted molar refractivity (Wildman–Crippen MR) is 77.6 cm³/mol. The Balaban J connectivity index is 2.07. The summed E-state index contributed by atoms with van der Waals surface area (Å²) < 4.78 is 0. The van der Waals surface area contributed by atoms with Crippen LogP contribution in [0.15, 0.2) is 36.4 Å². The maximum absolute atomic E-state index is 5.94. The molecule has 0 saturated carbocycles. The van der Waals surface area contributed by atoms with E-state index in [1.165, 1.54) is 5.56 Å². The SMILES string of the molecule is C#CCCCN1CCC=CC1c1ccc(Cl)cc1. The van der Waals surface area contributed by atoms with Gasteiger partial charge in [-0.15, -0.1) is 12.3 Å². The number of halogens is 1. The van der Waals surface area contributed by atoms with Gasteiger partial charge in [0.15, 0.2) is 0 Å². The molecule has 1 heterocycles. The normalized spacial score (nSPS) is 19.7. The molecule has 1 nitrogen and oxygen atoms in total. The number of terminal acetylenes is 1. The van der Waals surface area contributed by atoms with Crippen molar-refractivity contribution in [1.29, 1.82) is 0 Å². The zero-order valence-corrected chi connectivity index (χ0v) is 11.2. The van der Waals surface area contributed by atoms with Crippen molar-refractivity contribution in [2.24, 2.45) is 0 Å². The van der Waals surface area contributed by atoms with Crippen LogP contribution in [0.1, 0.15) is 30.9 Å². The predicted octanol–water partition coefficient (Wildman–Crippen LogP) is 4.06. The van der Waals surface area contributed by atoms with Crippen LogP contribution < -0.4 is 0 Å². The molecule has 0 aliphatic carbocycles. The van der Waals surface area contributed by atoms with E-state index in [0.29, 0.717) is 6.04 Å². The molecule has 1 aliphatic heterocycles. The molecule has 0 radical (unpaired) electrons. The Kier molecular flexibility index (Phi) is 4.87. The molecule has 0 saturated heterocycles. The lowest BCUT2D eigenvalue weighted by molar-refractivity contribution is 0.223. The Bertz CT molecular complexity index is 441. The summed E-state index contributed by atoms with van der Waals surface area (Å²) in [5, 5.41) is 0.789. The van der Waals surface area contributed by atoms with Crippen LogP contribution in [0.3, 0.4) is 0 Å². The van der Waals surface area contributed by atoms with E-state index >= 15 is 0 Å². The van der Waals surface area contributed by atoms with Crippen LogP contribution >= 0.6 is 11.6 Å². The second kappa shape index (κ2) is 6.64. The van der Waals surface area contributed by atoms with Crippen LogP contribution in [0.4, 0.5) is 0 Å². The van der Waals surface area contributed by atoms with Crippen LogP contribution in [0, 0.1) is 12.3 Å². The van der Waals surface area contributed by atoms with Crippen molar-refractivity contribution in [3.63, 3.8) is 0 Å². The summed E-state index contributed by atoms with van der Waals surface area (Å²) in [7, 11) is 0. The van der Waals surface area contributed by atoms with E-state index in [1.54, 1.807) is 0 Å². The van der Waals surface area contributed by atoms with E-state index < -0.39 is 0 Å². The maximum Gasteiger partial charge on any atom is 0.0531 e. The average Bonchev–Trinajstić information content (AvgIpc) is 2.41. The van der Waals surface area contributed by atoms with Crippen LogP contribution in [0.25, 0.3) is 0 Å². The summed E-state index contributed by atoms with van der Waals surface area (Å²) >= 11 is 5.94. The largest absolute Gasteiger partial charge is 0.293 e. The minimum Gasteiger partial charge on any atom is -0.293 e.